The summed E-state index contributed by atoms with van der Waals surface area (Å²) in [5.74, 6) is -0.331. The lowest BCUT2D eigenvalue weighted by Crippen LogP contribution is -3.07. The molecule has 0 radical (unpaired) electrons. The van der Waals surface area contributed by atoms with Gasteiger partial charge in [0.2, 0.25) is 4.77 Å². The molecule has 0 spiro atoms. The minimum atomic E-state index is -0.331. The molecule has 1 aliphatic heterocycles. The summed E-state index contributed by atoms with van der Waals surface area (Å²) in [4.78, 5) is 3.56. The molecule has 0 amide bonds. The first-order valence-electron chi connectivity index (χ1n) is 9.62. The molecule has 29 heavy (non-hydrogen) atoms. The lowest BCUT2D eigenvalue weighted by Gasteiger charge is -2.29. The largest absolute Gasteiger partial charge is 0.378 e. The molecule has 4 rings (SSSR count). The number of tetrazole rings is 1. The SMILES string of the molecule is C[NH+](Cc1ccc(N2CCOCC2)cc1)Cn1nnn(-c2cccc(F)c2)c1=S. The second kappa shape index (κ2) is 8.81. The van der Waals surface area contributed by atoms with Crippen LogP contribution in [0.5, 0.6) is 0 Å². The quantitative estimate of drug-likeness (QED) is 0.618. The highest BCUT2D eigenvalue weighted by atomic mass is 32.1. The number of aromatic nitrogens is 4. The molecule has 1 aromatic heterocycles. The number of benzene rings is 2. The van der Waals surface area contributed by atoms with Gasteiger partial charge in [0.1, 0.15) is 12.4 Å². The number of morpholine rings is 1. The topological polar surface area (TPSA) is 52.6 Å². The van der Waals surface area contributed by atoms with Gasteiger partial charge < -0.3 is 14.5 Å². The molecule has 0 aliphatic carbocycles. The number of nitrogens with zero attached hydrogens (tertiary/aromatic N) is 5. The third-order valence-corrected chi connectivity index (χ3v) is 5.31. The van der Waals surface area contributed by atoms with E-state index in [0.717, 1.165) is 32.8 Å². The van der Waals surface area contributed by atoms with Gasteiger partial charge >= 0.3 is 0 Å². The molecule has 0 saturated carbocycles. The average molecular weight is 416 g/mol. The van der Waals surface area contributed by atoms with Gasteiger partial charge in [0.05, 0.1) is 25.9 Å². The van der Waals surface area contributed by atoms with Crippen LogP contribution in [0.25, 0.3) is 5.69 Å². The Morgan fingerprint density at radius 3 is 2.55 bits per heavy atom. The zero-order valence-electron chi connectivity index (χ0n) is 16.3. The zero-order valence-corrected chi connectivity index (χ0v) is 17.1. The first kappa shape index (κ1) is 19.7. The van der Waals surface area contributed by atoms with Crippen molar-refractivity contribution in [1.82, 2.24) is 19.8 Å². The second-order valence-electron chi connectivity index (χ2n) is 7.21. The Bertz CT molecular complexity index is 1010. The molecular formula is C20H24FN6OS+. The van der Waals surface area contributed by atoms with E-state index in [9.17, 15) is 4.39 Å². The van der Waals surface area contributed by atoms with Gasteiger partial charge in [0.15, 0.2) is 6.67 Å². The summed E-state index contributed by atoms with van der Waals surface area (Å²) < 4.78 is 22.5. The Kier molecular flexibility index (Phi) is 5.98. The molecule has 7 nitrogen and oxygen atoms in total. The molecule has 2 aromatic carbocycles. The van der Waals surface area contributed by atoms with Gasteiger partial charge in [-0.15, -0.1) is 0 Å². The number of hydrogen-bond acceptors (Lipinski definition) is 5. The number of rotatable bonds is 6. The van der Waals surface area contributed by atoms with Crippen molar-refractivity contribution >= 4 is 17.9 Å². The summed E-state index contributed by atoms with van der Waals surface area (Å²) in [6, 6.07) is 14.8. The van der Waals surface area contributed by atoms with E-state index >= 15 is 0 Å². The van der Waals surface area contributed by atoms with Gasteiger partial charge in [-0.05, 0) is 53.0 Å². The molecular weight excluding hydrogens is 391 g/mol. The summed E-state index contributed by atoms with van der Waals surface area (Å²) in [5.41, 5.74) is 3.04. The van der Waals surface area contributed by atoms with Crippen LogP contribution < -0.4 is 9.80 Å². The van der Waals surface area contributed by atoms with Gasteiger partial charge in [-0.25, -0.2) is 4.39 Å². The number of ether oxygens (including phenoxy) is 1. The van der Waals surface area contributed by atoms with Crippen LogP contribution in [-0.2, 0) is 18.0 Å². The average Bonchev–Trinajstić information content (AvgIpc) is 3.09. The maximum atomic E-state index is 13.5. The van der Waals surface area contributed by atoms with Crippen molar-refractivity contribution in [2.24, 2.45) is 0 Å². The maximum Gasteiger partial charge on any atom is 0.225 e. The molecule has 9 heteroatoms. The molecule has 3 aromatic rings. The van der Waals surface area contributed by atoms with Crippen molar-refractivity contribution in [2.75, 3.05) is 38.3 Å². The monoisotopic (exact) mass is 415 g/mol. The fourth-order valence-corrected chi connectivity index (χ4v) is 3.69. The second-order valence-corrected chi connectivity index (χ2v) is 7.58. The number of nitrogens with one attached hydrogen (secondary N) is 1. The third kappa shape index (κ3) is 4.69. The molecule has 1 unspecified atom stereocenters. The Labute approximate surface area is 173 Å². The summed E-state index contributed by atoms with van der Waals surface area (Å²) in [6.45, 7) is 4.84. The van der Waals surface area contributed by atoms with Crippen LogP contribution in [0.3, 0.4) is 0 Å². The highest BCUT2D eigenvalue weighted by Gasteiger charge is 2.13. The van der Waals surface area contributed by atoms with Gasteiger partial charge in [-0.3, -0.25) is 0 Å². The highest BCUT2D eigenvalue weighted by Crippen LogP contribution is 2.16. The van der Waals surface area contributed by atoms with Crippen molar-refractivity contribution in [3.8, 4) is 5.69 Å². The van der Waals surface area contributed by atoms with Gasteiger partial charge in [0, 0.05) is 24.3 Å². The first-order chi connectivity index (χ1) is 14.1. The molecule has 1 aliphatic rings. The fourth-order valence-electron chi connectivity index (χ4n) is 3.45. The standard InChI is InChI=1S/C20H23FN6OS/c1-24(14-16-5-7-18(8-6-16)25-9-11-28-12-10-25)15-26-20(29)27(23-22-26)19-4-2-3-17(21)13-19/h2-8,13H,9-12,14-15H2,1H3/p+1. The van der Waals surface area contributed by atoms with E-state index in [2.05, 4.69) is 46.6 Å². The predicted molar refractivity (Wildman–Crippen MR) is 110 cm³/mol. The lowest BCUT2D eigenvalue weighted by molar-refractivity contribution is -0.917. The van der Waals surface area contributed by atoms with Crippen molar-refractivity contribution in [3.05, 3.63) is 64.7 Å². The molecule has 1 N–H and O–H groups in total. The molecule has 152 valence electrons. The smallest absolute Gasteiger partial charge is 0.225 e. The van der Waals surface area contributed by atoms with Crippen LogP contribution in [0.15, 0.2) is 48.5 Å². The number of quaternary nitrogens is 1. The van der Waals surface area contributed by atoms with E-state index in [0.29, 0.717) is 17.1 Å². The van der Waals surface area contributed by atoms with E-state index in [1.54, 1.807) is 16.8 Å². The maximum absolute atomic E-state index is 13.5. The van der Waals surface area contributed by atoms with Crippen LogP contribution in [0.4, 0.5) is 10.1 Å². The highest BCUT2D eigenvalue weighted by molar-refractivity contribution is 7.71. The normalized spacial score (nSPS) is 15.4. The minimum absolute atomic E-state index is 0.331. The number of halogens is 1. The number of anilines is 1. The molecule has 1 atom stereocenters. The molecule has 1 saturated heterocycles. The summed E-state index contributed by atoms with van der Waals surface area (Å²) >= 11 is 5.47. The Hall–Kier alpha value is -2.62. The Morgan fingerprint density at radius 2 is 1.83 bits per heavy atom. The van der Waals surface area contributed by atoms with Crippen molar-refractivity contribution in [3.63, 3.8) is 0 Å². The van der Waals surface area contributed by atoms with Crippen LogP contribution >= 0.6 is 12.2 Å². The Balaban J connectivity index is 1.40. The van der Waals surface area contributed by atoms with Gasteiger partial charge in [-0.2, -0.15) is 9.36 Å². The number of hydrogen-bond donors (Lipinski definition) is 1. The van der Waals surface area contributed by atoms with Gasteiger partial charge in [0.25, 0.3) is 0 Å². The fraction of sp³-hybridized carbons (Fsp3) is 0.350. The van der Waals surface area contributed by atoms with E-state index in [1.165, 1.54) is 33.0 Å². The van der Waals surface area contributed by atoms with Crippen LogP contribution in [-0.4, -0.2) is 53.1 Å². The van der Waals surface area contributed by atoms with E-state index in [-0.39, 0.29) is 5.82 Å². The minimum Gasteiger partial charge on any atom is -0.378 e. The van der Waals surface area contributed by atoms with Crippen molar-refractivity contribution in [1.29, 1.82) is 0 Å². The summed E-state index contributed by atoms with van der Waals surface area (Å²) in [5, 5.41) is 8.22. The summed E-state index contributed by atoms with van der Waals surface area (Å²) in [6.07, 6.45) is 0. The first-order valence-corrected chi connectivity index (χ1v) is 10.0. The predicted octanol–water partition coefficient (Wildman–Crippen LogP) is 1.45. The zero-order chi connectivity index (χ0) is 20.2. The van der Waals surface area contributed by atoms with Crippen LogP contribution in [0.2, 0.25) is 0 Å². The molecule has 2 heterocycles. The van der Waals surface area contributed by atoms with Crippen molar-refractivity contribution < 1.29 is 14.0 Å². The van der Waals surface area contributed by atoms with Crippen molar-refractivity contribution in [2.45, 2.75) is 13.2 Å². The van der Waals surface area contributed by atoms with E-state index in [1.807, 2.05) is 0 Å². The summed E-state index contributed by atoms with van der Waals surface area (Å²) in [7, 11) is 2.08. The van der Waals surface area contributed by atoms with E-state index in [4.69, 9.17) is 17.0 Å². The Morgan fingerprint density at radius 1 is 1.07 bits per heavy atom. The van der Waals surface area contributed by atoms with Crippen LogP contribution in [0.1, 0.15) is 5.56 Å². The van der Waals surface area contributed by atoms with Gasteiger partial charge in [-0.1, -0.05) is 18.2 Å². The third-order valence-electron chi connectivity index (χ3n) is 4.93. The van der Waals surface area contributed by atoms with Crippen LogP contribution in [0, 0.1) is 10.6 Å². The molecule has 0 bridgehead atoms. The lowest BCUT2D eigenvalue weighted by atomic mass is 10.2. The molecule has 1 fully saturated rings. The van der Waals surface area contributed by atoms with E-state index < -0.39 is 0 Å².